The topological polar surface area (TPSA) is 18.5 Å². The first-order valence-electron chi connectivity index (χ1n) is 12.6. The van der Waals surface area contributed by atoms with Crippen molar-refractivity contribution >= 4 is 45.2 Å². The van der Waals surface area contributed by atoms with Crippen molar-refractivity contribution in [2.45, 2.75) is 77.0 Å². The van der Waals surface area contributed by atoms with E-state index in [1.807, 2.05) is 0 Å². The molecule has 0 bridgehead atoms. The smallest absolute Gasteiger partial charge is 0.134 e. The quantitative estimate of drug-likeness (QED) is 0.209. The fourth-order valence-corrected chi connectivity index (χ4v) is 7.07. The summed E-state index contributed by atoms with van der Waals surface area (Å²) in [6.07, 6.45) is 19.6. The van der Waals surface area contributed by atoms with Crippen LogP contribution in [0.3, 0.4) is 0 Å². The van der Waals surface area contributed by atoms with E-state index in [4.69, 9.17) is 9.47 Å². The van der Waals surface area contributed by atoms with Crippen LogP contribution >= 0.6 is 45.2 Å². The highest BCUT2D eigenvalue weighted by atomic mass is 127. The molecule has 0 radical (unpaired) electrons. The minimum Gasteiger partial charge on any atom is -0.492 e. The molecule has 5 rings (SSSR count). The van der Waals surface area contributed by atoms with Gasteiger partial charge in [0.05, 0.1) is 13.7 Å². The van der Waals surface area contributed by atoms with E-state index in [-0.39, 0.29) is 0 Å². The van der Waals surface area contributed by atoms with E-state index >= 15 is 0 Å². The molecule has 0 aliphatic heterocycles. The highest BCUT2D eigenvalue weighted by Gasteiger charge is 2.33. The number of halogens is 2. The Labute approximate surface area is 215 Å². The number of ether oxygens (including phenoxy) is 2. The number of hydrogen-bond acceptors (Lipinski definition) is 2. The van der Waals surface area contributed by atoms with Crippen LogP contribution in [0.25, 0.3) is 0 Å². The molecule has 170 valence electrons. The lowest BCUT2D eigenvalue weighted by Gasteiger charge is -2.41. The molecule has 1 atom stereocenters. The number of allylic oxidation sites excluding steroid dienone is 1. The van der Waals surface area contributed by atoms with E-state index in [0.29, 0.717) is 0 Å². The van der Waals surface area contributed by atoms with Crippen LogP contribution in [0.1, 0.15) is 77.0 Å². The van der Waals surface area contributed by atoms with Crippen LogP contribution in [0.5, 0.6) is 11.5 Å². The second-order valence-corrected chi connectivity index (χ2v) is 12.7. The van der Waals surface area contributed by atoms with Gasteiger partial charge in [-0.05, 0) is 150 Å². The van der Waals surface area contributed by atoms with E-state index in [2.05, 4.69) is 63.4 Å². The van der Waals surface area contributed by atoms with Crippen LogP contribution in [0.15, 0.2) is 23.8 Å². The summed E-state index contributed by atoms with van der Waals surface area (Å²) in [5.41, 5.74) is 1.50. The van der Waals surface area contributed by atoms with Gasteiger partial charge in [-0.25, -0.2) is 0 Å². The van der Waals surface area contributed by atoms with Gasteiger partial charge < -0.3 is 9.47 Å². The molecular weight excluding hydrogens is 610 g/mol. The van der Waals surface area contributed by atoms with Crippen LogP contribution in [0, 0.1) is 36.7 Å². The molecule has 0 heterocycles. The predicted molar refractivity (Wildman–Crippen MR) is 144 cm³/mol. The Hall–Kier alpha value is 0.0200. The van der Waals surface area contributed by atoms with Crippen molar-refractivity contribution in [1.29, 1.82) is 0 Å². The second-order valence-electron chi connectivity index (χ2n) is 10.5. The van der Waals surface area contributed by atoms with Gasteiger partial charge in [-0.3, -0.25) is 0 Å². The summed E-state index contributed by atoms with van der Waals surface area (Å²) in [5.74, 6) is 6.88. The van der Waals surface area contributed by atoms with Crippen LogP contribution in [0.2, 0.25) is 0 Å². The summed E-state index contributed by atoms with van der Waals surface area (Å²) in [4.78, 5) is 0. The van der Waals surface area contributed by atoms with E-state index < -0.39 is 0 Å². The molecule has 1 unspecified atom stereocenters. The monoisotopic (exact) mass is 646 g/mol. The van der Waals surface area contributed by atoms with Gasteiger partial charge in [0.25, 0.3) is 0 Å². The normalized spacial score (nSPS) is 29.2. The maximum atomic E-state index is 6.25. The molecule has 0 aromatic heterocycles. The first-order valence-corrected chi connectivity index (χ1v) is 14.7. The molecule has 3 saturated carbocycles. The summed E-state index contributed by atoms with van der Waals surface area (Å²) in [5, 5.41) is 0. The van der Waals surface area contributed by atoms with Crippen molar-refractivity contribution < 1.29 is 9.47 Å². The molecular formula is C27H36I2O2. The summed E-state index contributed by atoms with van der Waals surface area (Å²) in [6, 6.07) is 4.19. The minimum absolute atomic E-state index is 0.746. The Morgan fingerprint density at radius 1 is 0.710 bits per heavy atom. The van der Waals surface area contributed by atoms with Gasteiger partial charge in [0.1, 0.15) is 18.1 Å². The van der Waals surface area contributed by atoms with Gasteiger partial charge in [0.2, 0.25) is 0 Å². The zero-order chi connectivity index (χ0) is 21.2. The van der Waals surface area contributed by atoms with E-state index in [1.54, 1.807) is 0 Å². The molecule has 0 N–H and O–H groups in total. The number of rotatable bonds is 8. The third-order valence-corrected chi connectivity index (χ3v) is 11.6. The molecule has 4 aliphatic rings. The van der Waals surface area contributed by atoms with Gasteiger partial charge in [-0.1, -0.05) is 25.3 Å². The molecule has 3 fully saturated rings. The Kier molecular flexibility index (Phi) is 7.74. The van der Waals surface area contributed by atoms with Crippen molar-refractivity contribution in [2.75, 3.05) is 13.2 Å². The Morgan fingerprint density at radius 3 is 1.87 bits per heavy atom. The third kappa shape index (κ3) is 5.75. The maximum absolute atomic E-state index is 6.25. The molecule has 2 nitrogen and oxygen atoms in total. The third-order valence-electron chi connectivity index (χ3n) is 8.44. The zero-order valence-corrected chi connectivity index (χ0v) is 22.9. The van der Waals surface area contributed by atoms with Crippen molar-refractivity contribution in [2.24, 2.45) is 29.6 Å². The maximum Gasteiger partial charge on any atom is 0.134 e. The standard InChI is InChI=1S/C27H36I2O2/c28-26-24(30-16-18-4-5-18)14-15-25(27(26)29)31-17-19-6-8-21(9-7-19)23-12-10-22(11-13-23)20-2-1-3-20/h6,14-15,18,20-23H,1-5,7-13,16-17H2. The molecule has 4 aliphatic carbocycles. The van der Waals surface area contributed by atoms with Crippen molar-refractivity contribution in [1.82, 2.24) is 0 Å². The van der Waals surface area contributed by atoms with Gasteiger partial charge in [-0.15, -0.1) is 0 Å². The summed E-state index contributed by atoms with van der Waals surface area (Å²) in [6.45, 7) is 1.61. The molecule has 1 aromatic rings. The minimum atomic E-state index is 0.746. The highest BCUT2D eigenvalue weighted by molar-refractivity contribution is 14.1. The fourth-order valence-electron chi connectivity index (χ4n) is 5.87. The van der Waals surface area contributed by atoms with Crippen molar-refractivity contribution in [3.05, 3.63) is 30.9 Å². The Balaban J connectivity index is 1.08. The van der Waals surface area contributed by atoms with Crippen LogP contribution in [0.4, 0.5) is 0 Å². The van der Waals surface area contributed by atoms with Crippen molar-refractivity contribution in [3.63, 3.8) is 0 Å². The van der Waals surface area contributed by atoms with Gasteiger partial charge >= 0.3 is 0 Å². The molecule has 31 heavy (non-hydrogen) atoms. The second kappa shape index (κ2) is 10.5. The molecule has 0 spiro atoms. The summed E-state index contributed by atoms with van der Waals surface area (Å²) in [7, 11) is 0. The Bertz CT molecular complexity index is 789. The van der Waals surface area contributed by atoms with E-state index in [1.165, 1.54) is 89.8 Å². The number of hydrogen-bond donors (Lipinski definition) is 0. The zero-order valence-electron chi connectivity index (χ0n) is 18.6. The number of benzene rings is 1. The molecule has 0 saturated heterocycles. The van der Waals surface area contributed by atoms with Gasteiger partial charge in [-0.2, -0.15) is 0 Å². The van der Waals surface area contributed by atoms with Crippen LogP contribution < -0.4 is 9.47 Å². The van der Waals surface area contributed by atoms with Gasteiger partial charge in [0, 0.05) is 0 Å². The summed E-state index contributed by atoms with van der Waals surface area (Å²) < 4.78 is 14.6. The van der Waals surface area contributed by atoms with Crippen LogP contribution in [-0.4, -0.2) is 13.2 Å². The fraction of sp³-hybridized carbons (Fsp3) is 0.704. The lowest BCUT2D eigenvalue weighted by molar-refractivity contribution is 0.114. The first kappa shape index (κ1) is 22.8. The highest BCUT2D eigenvalue weighted by Crippen LogP contribution is 2.46. The average molecular weight is 646 g/mol. The van der Waals surface area contributed by atoms with E-state index in [0.717, 1.165) is 54.3 Å². The lowest BCUT2D eigenvalue weighted by Crippen LogP contribution is -2.29. The average Bonchev–Trinajstić information content (AvgIpc) is 3.58. The van der Waals surface area contributed by atoms with Crippen LogP contribution in [-0.2, 0) is 0 Å². The Morgan fingerprint density at radius 2 is 1.32 bits per heavy atom. The SMILES string of the molecule is Ic1c(OCC2=CCC(C3CCC(C4CCC4)CC3)CC2)ccc(OCC2CC2)c1I. The van der Waals surface area contributed by atoms with E-state index in [9.17, 15) is 0 Å². The summed E-state index contributed by atoms with van der Waals surface area (Å²) >= 11 is 4.81. The molecule has 0 amide bonds. The first-order chi connectivity index (χ1) is 15.2. The van der Waals surface area contributed by atoms with Crippen molar-refractivity contribution in [3.8, 4) is 11.5 Å². The largest absolute Gasteiger partial charge is 0.492 e. The molecule has 4 heteroatoms. The lowest BCUT2D eigenvalue weighted by atomic mass is 9.65. The molecule has 1 aromatic carbocycles. The predicted octanol–water partition coefficient (Wildman–Crippen LogP) is 8.40. The van der Waals surface area contributed by atoms with Gasteiger partial charge in [0.15, 0.2) is 0 Å².